The molecule has 4 aromatic rings. The number of carbonyl (C=O) groups excluding carboxylic acids is 1. The van der Waals surface area contributed by atoms with Gasteiger partial charge < -0.3 is 10.2 Å². The van der Waals surface area contributed by atoms with Crippen molar-refractivity contribution in [2.75, 3.05) is 24.3 Å². The zero-order chi connectivity index (χ0) is 23.9. The fourth-order valence-corrected chi connectivity index (χ4v) is 4.20. The number of hydrogen-bond acceptors (Lipinski definition) is 6. The fourth-order valence-electron chi connectivity index (χ4n) is 4.02. The highest BCUT2D eigenvalue weighted by Crippen LogP contribution is 2.50. The first kappa shape index (κ1) is 22.0. The molecule has 1 fully saturated rings. The number of nitrogens with one attached hydrogen (secondary N) is 2. The molecular weight excluding hydrogens is 457 g/mol. The normalized spacial score (nSPS) is 14.0. The average Bonchev–Trinajstić information content (AvgIpc) is 3.46. The van der Waals surface area contributed by atoms with Gasteiger partial charge in [0.2, 0.25) is 5.91 Å². The van der Waals surface area contributed by atoms with Gasteiger partial charge >= 0.3 is 0 Å². The van der Waals surface area contributed by atoms with Crippen molar-refractivity contribution in [1.29, 1.82) is 0 Å². The van der Waals surface area contributed by atoms with Gasteiger partial charge in [-0.15, -0.1) is 5.10 Å². The van der Waals surface area contributed by atoms with Crippen LogP contribution in [0.25, 0.3) is 22.5 Å². The third kappa shape index (κ3) is 3.88. The molecule has 0 radical (unpaired) electrons. The number of anilines is 2. The van der Waals surface area contributed by atoms with E-state index in [-0.39, 0.29) is 10.9 Å². The Morgan fingerprint density at radius 2 is 1.97 bits per heavy atom. The molecule has 2 aromatic heterocycles. The van der Waals surface area contributed by atoms with E-state index in [0.717, 1.165) is 16.9 Å². The highest BCUT2D eigenvalue weighted by Gasteiger charge is 2.53. The molecule has 10 heteroatoms. The van der Waals surface area contributed by atoms with E-state index < -0.39 is 11.2 Å². The molecule has 172 valence electrons. The number of H-pyrrole nitrogens is 1. The summed E-state index contributed by atoms with van der Waals surface area (Å²) in [5.74, 6) is 0.456. The van der Waals surface area contributed by atoms with Crippen LogP contribution in [0.1, 0.15) is 18.4 Å². The molecule has 1 amide bonds. The second-order valence-corrected chi connectivity index (χ2v) is 8.85. The minimum atomic E-state index is -0.923. The molecule has 2 N–H and O–H groups in total. The smallest absolute Gasteiger partial charge is 0.235 e. The highest BCUT2D eigenvalue weighted by molar-refractivity contribution is 6.30. The Labute approximate surface area is 200 Å². The van der Waals surface area contributed by atoms with E-state index in [1.165, 1.54) is 6.07 Å². The van der Waals surface area contributed by atoms with Crippen molar-refractivity contribution in [3.05, 3.63) is 71.1 Å². The molecule has 0 spiro atoms. The van der Waals surface area contributed by atoms with Gasteiger partial charge in [0, 0.05) is 42.7 Å². The number of nitrogens with zero attached hydrogens (tertiary/aromatic N) is 5. The monoisotopic (exact) mass is 477 g/mol. The maximum Gasteiger partial charge on any atom is 0.235 e. The van der Waals surface area contributed by atoms with Gasteiger partial charge in [0.05, 0.1) is 10.4 Å². The summed E-state index contributed by atoms with van der Waals surface area (Å²) >= 11 is 5.96. The minimum absolute atomic E-state index is 0.00919. The number of hydrogen-bond donors (Lipinski definition) is 2. The van der Waals surface area contributed by atoms with Crippen LogP contribution in [0.3, 0.4) is 0 Å². The standard InChI is InChI=1S/C24H21ClFN7O/c1-33(2)20-9-6-14(13-27-20)16-8-7-15(12-17(16)22-29-31-32-30-22)28-23(34)24(10-11-24)18-4-3-5-19(25)21(18)26/h3-9,12-13H,10-11H2,1-2H3,(H,28,34)(H,29,30,31,32). The van der Waals surface area contributed by atoms with Crippen molar-refractivity contribution in [3.63, 3.8) is 0 Å². The Bertz CT molecular complexity index is 1350. The molecule has 1 aliphatic carbocycles. The average molecular weight is 478 g/mol. The van der Waals surface area contributed by atoms with Crippen LogP contribution >= 0.6 is 11.6 Å². The number of amides is 1. The summed E-state index contributed by atoms with van der Waals surface area (Å²) in [7, 11) is 3.85. The predicted molar refractivity (Wildman–Crippen MR) is 128 cm³/mol. The van der Waals surface area contributed by atoms with Crippen molar-refractivity contribution in [2.45, 2.75) is 18.3 Å². The van der Waals surface area contributed by atoms with Crippen LogP contribution < -0.4 is 10.2 Å². The van der Waals surface area contributed by atoms with Crippen LogP contribution in [0.4, 0.5) is 15.9 Å². The van der Waals surface area contributed by atoms with Crippen molar-refractivity contribution < 1.29 is 9.18 Å². The van der Waals surface area contributed by atoms with Crippen LogP contribution in [0.15, 0.2) is 54.7 Å². The minimum Gasteiger partial charge on any atom is -0.363 e. The van der Waals surface area contributed by atoms with Gasteiger partial charge in [0.15, 0.2) is 5.82 Å². The SMILES string of the molecule is CN(C)c1ccc(-c2ccc(NC(=O)C3(c4cccc(Cl)c4F)CC3)cc2-c2nnn[nH]2)cn1. The second kappa shape index (κ2) is 8.49. The molecule has 5 rings (SSSR count). The number of rotatable bonds is 6. The van der Waals surface area contributed by atoms with Gasteiger partial charge in [0.1, 0.15) is 11.6 Å². The Balaban J connectivity index is 1.48. The zero-order valence-corrected chi connectivity index (χ0v) is 19.3. The lowest BCUT2D eigenvalue weighted by atomic mass is 9.94. The number of tetrazole rings is 1. The largest absolute Gasteiger partial charge is 0.363 e. The van der Waals surface area contributed by atoms with E-state index in [1.807, 2.05) is 37.2 Å². The molecule has 1 saturated carbocycles. The van der Waals surface area contributed by atoms with Gasteiger partial charge in [-0.05, 0) is 59.2 Å². The van der Waals surface area contributed by atoms with E-state index in [2.05, 4.69) is 30.9 Å². The summed E-state index contributed by atoms with van der Waals surface area (Å²) in [5, 5.41) is 17.1. The number of benzene rings is 2. The summed E-state index contributed by atoms with van der Waals surface area (Å²) in [6.07, 6.45) is 2.88. The molecule has 0 saturated heterocycles. The zero-order valence-electron chi connectivity index (χ0n) is 18.5. The number of aromatic nitrogens is 5. The molecule has 0 bridgehead atoms. The molecular formula is C24H21ClFN7O. The van der Waals surface area contributed by atoms with E-state index in [1.54, 1.807) is 30.5 Å². The van der Waals surface area contributed by atoms with Crippen LogP contribution in [-0.2, 0) is 10.2 Å². The molecule has 0 aliphatic heterocycles. The predicted octanol–water partition coefficient (Wildman–Crippen LogP) is 4.46. The third-order valence-electron chi connectivity index (χ3n) is 6.05. The van der Waals surface area contributed by atoms with E-state index in [9.17, 15) is 9.18 Å². The maximum atomic E-state index is 14.7. The van der Waals surface area contributed by atoms with Gasteiger partial charge in [-0.3, -0.25) is 4.79 Å². The van der Waals surface area contributed by atoms with Crippen molar-refractivity contribution in [2.24, 2.45) is 0 Å². The number of aromatic amines is 1. The van der Waals surface area contributed by atoms with Crippen molar-refractivity contribution >= 4 is 29.0 Å². The van der Waals surface area contributed by atoms with Gasteiger partial charge in [-0.25, -0.2) is 14.5 Å². The first-order valence-electron chi connectivity index (χ1n) is 10.7. The lowest BCUT2D eigenvalue weighted by molar-refractivity contribution is -0.118. The third-order valence-corrected chi connectivity index (χ3v) is 6.34. The van der Waals surface area contributed by atoms with E-state index in [4.69, 9.17) is 11.6 Å². The van der Waals surface area contributed by atoms with Crippen LogP contribution in [0, 0.1) is 5.82 Å². The van der Waals surface area contributed by atoms with Gasteiger partial charge in [-0.2, -0.15) is 0 Å². The van der Waals surface area contributed by atoms with Crippen LogP contribution in [-0.4, -0.2) is 45.6 Å². The lowest BCUT2D eigenvalue weighted by Gasteiger charge is -2.18. The summed E-state index contributed by atoms with van der Waals surface area (Å²) in [6.45, 7) is 0. The summed E-state index contributed by atoms with van der Waals surface area (Å²) in [4.78, 5) is 19.6. The number of pyridine rings is 1. The molecule has 0 unspecified atom stereocenters. The molecule has 2 heterocycles. The van der Waals surface area contributed by atoms with Crippen molar-refractivity contribution in [3.8, 4) is 22.5 Å². The molecule has 1 aliphatic rings. The lowest BCUT2D eigenvalue weighted by Crippen LogP contribution is -2.28. The Hall–Kier alpha value is -3.85. The molecule has 0 atom stereocenters. The van der Waals surface area contributed by atoms with Crippen molar-refractivity contribution in [1.82, 2.24) is 25.6 Å². The van der Waals surface area contributed by atoms with Crippen LogP contribution in [0.2, 0.25) is 5.02 Å². The number of halogens is 2. The van der Waals surface area contributed by atoms with E-state index >= 15 is 0 Å². The molecule has 2 aromatic carbocycles. The van der Waals surface area contributed by atoms with Crippen LogP contribution in [0.5, 0.6) is 0 Å². The fraction of sp³-hybridized carbons (Fsp3) is 0.208. The second-order valence-electron chi connectivity index (χ2n) is 8.45. The van der Waals surface area contributed by atoms with E-state index in [0.29, 0.717) is 35.5 Å². The quantitative estimate of drug-likeness (QED) is 0.425. The van der Waals surface area contributed by atoms with Gasteiger partial charge in [-0.1, -0.05) is 29.8 Å². The summed E-state index contributed by atoms with van der Waals surface area (Å²) < 4.78 is 14.7. The molecule has 8 nitrogen and oxygen atoms in total. The summed E-state index contributed by atoms with van der Waals surface area (Å²) in [5.41, 5.74) is 2.35. The maximum absolute atomic E-state index is 14.7. The Morgan fingerprint density at radius 1 is 1.15 bits per heavy atom. The Kier molecular flexibility index (Phi) is 5.49. The molecule has 34 heavy (non-hydrogen) atoms. The topological polar surface area (TPSA) is 99.7 Å². The first-order valence-corrected chi connectivity index (χ1v) is 11.0. The summed E-state index contributed by atoms with van der Waals surface area (Å²) in [6, 6.07) is 14.1. The highest BCUT2D eigenvalue weighted by atomic mass is 35.5. The van der Waals surface area contributed by atoms with Gasteiger partial charge in [0.25, 0.3) is 0 Å². The Morgan fingerprint density at radius 3 is 2.62 bits per heavy atom. The number of carbonyl (C=O) groups is 1. The first-order chi connectivity index (χ1) is 16.4.